The highest BCUT2D eigenvalue weighted by atomic mass is 35.5. The summed E-state index contributed by atoms with van der Waals surface area (Å²) in [7, 11) is 1.45. The summed E-state index contributed by atoms with van der Waals surface area (Å²) in [6.45, 7) is 5.97. The summed E-state index contributed by atoms with van der Waals surface area (Å²) in [5, 5.41) is 9.79. The summed E-state index contributed by atoms with van der Waals surface area (Å²) in [5.74, 6) is -0.542. The van der Waals surface area contributed by atoms with Crippen LogP contribution >= 0.6 is 22.9 Å². The number of halogens is 1. The van der Waals surface area contributed by atoms with Crippen molar-refractivity contribution in [3.8, 4) is 11.4 Å². The molecule has 0 saturated heterocycles. The Hall–Kier alpha value is -3.69. The molecule has 0 radical (unpaired) electrons. The van der Waals surface area contributed by atoms with Gasteiger partial charge in [0.15, 0.2) is 5.69 Å². The summed E-state index contributed by atoms with van der Waals surface area (Å²) in [5.41, 5.74) is 1.28. The van der Waals surface area contributed by atoms with E-state index in [0.717, 1.165) is 21.6 Å². The number of nitrogens with zero attached hydrogens (tertiary/aromatic N) is 2. The molecular formula is C26H24ClN3O5S. The predicted octanol–water partition coefficient (Wildman–Crippen LogP) is 5.66. The Morgan fingerprint density at radius 3 is 2.53 bits per heavy atom. The second-order valence-electron chi connectivity index (χ2n) is 8.18. The Balaban J connectivity index is 1.87. The number of hydrogen-bond acceptors (Lipinski definition) is 7. The number of nitrogens with one attached hydrogen (secondary N) is 1. The van der Waals surface area contributed by atoms with E-state index in [0.29, 0.717) is 27.8 Å². The van der Waals surface area contributed by atoms with E-state index in [1.54, 1.807) is 36.6 Å². The molecular weight excluding hydrogens is 502 g/mol. The lowest BCUT2D eigenvalue weighted by Crippen LogP contribution is -2.25. The molecule has 4 aromatic rings. The number of methoxy groups -OCH3 is 1. The molecule has 2 aromatic carbocycles. The highest BCUT2D eigenvalue weighted by molar-refractivity contribution is 7.16. The molecule has 0 saturated carbocycles. The van der Waals surface area contributed by atoms with Gasteiger partial charge in [-0.2, -0.15) is 9.78 Å². The van der Waals surface area contributed by atoms with Crippen LogP contribution in [-0.4, -0.2) is 35.4 Å². The van der Waals surface area contributed by atoms with Crippen LogP contribution in [0, 0.1) is 0 Å². The number of amides is 1. The minimum atomic E-state index is -0.665. The lowest BCUT2D eigenvalue weighted by Gasteiger charge is -2.12. The van der Waals surface area contributed by atoms with Crippen molar-refractivity contribution in [1.29, 1.82) is 0 Å². The van der Waals surface area contributed by atoms with Crippen molar-refractivity contribution in [3.63, 3.8) is 0 Å². The average molecular weight is 526 g/mol. The molecule has 0 aliphatic heterocycles. The van der Waals surface area contributed by atoms with E-state index in [-0.39, 0.29) is 28.3 Å². The Morgan fingerprint density at radius 1 is 1.17 bits per heavy atom. The van der Waals surface area contributed by atoms with Crippen LogP contribution in [0.4, 0.5) is 5.00 Å². The maximum absolute atomic E-state index is 13.6. The third-order valence-electron chi connectivity index (χ3n) is 5.56. The van der Waals surface area contributed by atoms with Crippen LogP contribution < -0.4 is 15.6 Å². The molecule has 0 fully saturated rings. The van der Waals surface area contributed by atoms with Crippen LogP contribution in [0.15, 0.2) is 52.6 Å². The number of aromatic nitrogens is 2. The molecule has 1 N–H and O–H groups in total. The van der Waals surface area contributed by atoms with Crippen molar-refractivity contribution in [2.75, 3.05) is 19.0 Å². The molecule has 0 atom stereocenters. The van der Waals surface area contributed by atoms with Gasteiger partial charge in [-0.3, -0.25) is 9.59 Å². The lowest BCUT2D eigenvalue weighted by molar-refractivity contribution is 0.0520. The molecule has 10 heteroatoms. The van der Waals surface area contributed by atoms with Crippen molar-refractivity contribution in [3.05, 3.63) is 80.0 Å². The maximum atomic E-state index is 13.6. The summed E-state index contributed by atoms with van der Waals surface area (Å²) in [4.78, 5) is 39.5. The molecule has 8 nitrogen and oxygen atoms in total. The largest absolute Gasteiger partial charge is 0.496 e. The molecule has 0 spiro atoms. The van der Waals surface area contributed by atoms with Gasteiger partial charge in [-0.25, -0.2) is 4.79 Å². The Morgan fingerprint density at radius 2 is 1.89 bits per heavy atom. The summed E-state index contributed by atoms with van der Waals surface area (Å²) in [6, 6.07) is 12.0. The molecule has 0 aliphatic rings. The minimum absolute atomic E-state index is 0.0172. The van der Waals surface area contributed by atoms with Crippen LogP contribution in [0.3, 0.4) is 0 Å². The minimum Gasteiger partial charge on any atom is -0.496 e. The monoisotopic (exact) mass is 525 g/mol. The van der Waals surface area contributed by atoms with E-state index in [1.807, 2.05) is 12.1 Å². The number of carbonyl (C=O) groups is 2. The van der Waals surface area contributed by atoms with Gasteiger partial charge < -0.3 is 14.8 Å². The first-order valence-electron chi connectivity index (χ1n) is 11.2. The third kappa shape index (κ3) is 4.84. The van der Waals surface area contributed by atoms with Crippen molar-refractivity contribution in [2.24, 2.45) is 0 Å². The van der Waals surface area contributed by atoms with Crippen LogP contribution in [0.2, 0.25) is 5.02 Å². The number of rotatable bonds is 7. The molecule has 0 aliphatic carbocycles. The van der Waals surface area contributed by atoms with Gasteiger partial charge in [0.2, 0.25) is 0 Å². The second kappa shape index (κ2) is 10.5. The topological polar surface area (TPSA) is 99.5 Å². The number of hydrogen-bond donors (Lipinski definition) is 1. The number of ether oxygens (including phenoxy) is 2. The van der Waals surface area contributed by atoms with Crippen LogP contribution in [-0.2, 0) is 4.74 Å². The number of fused-ring (bicyclic) bond motifs is 1. The molecule has 0 bridgehead atoms. The first-order valence-corrected chi connectivity index (χ1v) is 12.5. The van der Waals surface area contributed by atoms with Crippen molar-refractivity contribution < 1.29 is 19.1 Å². The second-order valence-corrected chi connectivity index (χ2v) is 9.50. The lowest BCUT2D eigenvalue weighted by atomic mass is 10.0. The number of anilines is 1. The SMILES string of the molecule is CCOC(=O)c1nn(-c2ccc(C(C)C)cc2)c(=O)c2c(NC(=O)c3cc(Cl)ccc3OC)scc12. The quantitative estimate of drug-likeness (QED) is 0.312. The molecule has 0 unspecified atom stereocenters. The van der Waals surface area contributed by atoms with Gasteiger partial charge in [-0.1, -0.05) is 37.6 Å². The molecule has 1 amide bonds. The van der Waals surface area contributed by atoms with E-state index in [1.165, 1.54) is 13.2 Å². The predicted molar refractivity (Wildman–Crippen MR) is 141 cm³/mol. The normalized spacial score (nSPS) is 11.1. The standard InChI is InChI=1S/C26H24ClN3O5S/c1-5-35-26(33)22-19-13-36-24(28-23(31)18-12-16(27)8-11-20(18)34-4)21(19)25(32)30(29-22)17-9-6-15(7-10-17)14(2)3/h6-14H,5H2,1-4H3,(H,28,31). The van der Waals surface area contributed by atoms with Crippen molar-refractivity contribution >= 4 is 50.6 Å². The summed E-state index contributed by atoms with van der Waals surface area (Å²) in [6.07, 6.45) is 0. The van der Waals surface area contributed by atoms with Gasteiger partial charge in [0.05, 0.1) is 30.4 Å². The Labute approximate surface area is 216 Å². The molecule has 2 aromatic heterocycles. The fourth-order valence-electron chi connectivity index (χ4n) is 3.70. The van der Waals surface area contributed by atoms with Gasteiger partial charge in [0.1, 0.15) is 10.8 Å². The molecule has 4 rings (SSSR count). The fraction of sp³-hybridized carbons (Fsp3) is 0.231. The van der Waals surface area contributed by atoms with Gasteiger partial charge in [0.25, 0.3) is 11.5 Å². The van der Waals surface area contributed by atoms with Crippen LogP contribution in [0.25, 0.3) is 16.5 Å². The van der Waals surface area contributed by atoms with E-state index in [2.05, 4.69) is 24.3 Å². The molecule has 2 heterocycles. The molecule has 186 valence electrons. The average Bonchev–Trinajstić information content (AvgIpc) is 3.28. The van der Waals surface area contributed by atoms with Crippen LogP contribution in [0.1, 0.15) is 53.1 Å². The van der Waals surface area contributed by atoms with E-state index in [4.69, 9.17) is 21.1 Å². The van der Waals surface area contributed by atoms with E-state index in [9.17, 15) is 14.4 Å². The first kappa shape index (κ1) is 25.4. The van der Waals surface area contributed by atoms with Crippen molar-refractivity contribution in [2.45, 2.75) is 26.7 Å². The zero-order valence-corrected chi connectivity index (χ0v) is 21.7. The first-order chi connectivity index (χ1) is 17.2. The van der Waals surface area contributed by atoms with Gasteiger partial charge in [-0.05, 0) is 48.7 Å². The van der Waals surface area contributed by atoms with Crippen LogP contribution in [0.5, 0.6) is 5.75 Å². The smallest absolute Gasteiger partial charge is 0.359 e. The van der Waals surface area contributed by atoms with Gasteiger partial charge in [0, 0.05) is 15.8 Å². The summed E-state index contributed by atoms with van der Waals surface area (Å²) >= 11 is 7.19. The third-order valence-corrected chi connectivity index (χ3v) is 6.69. The maximum Gasteiger partial charge on any atom is 0.359 e. The zero-order valence-electron chi connectivity index (χ0n) is 20.1. The van der Waals surface area contributed by atoms with Gasteiger partial charge in [-0.15, -0.1) is 11.3 Å². The Kier molecular flexibility index (Phi) is 7.42. The fourth-order valence-corrected chi connectivity index (χ4v) is 4.80. The number of thiophene rings is 1. The zero-order chi connectivity index (χ0) is 26.0. The molecule has 36 heavy (non-hydrogen) atoms. The van der Waals surface area contributed by atoms with Gasteiger partial charge >= 0.3 is 5.97 Å². The van der Waals surface area contributed by atoms with E-state index < -0.39 is 17.4 Å². The van der Waals surface area contributed by atoms with E-state index >= 15 is 0 Å². The summed E-state index contributed by atoms with van der Waals surface area (Å²) < 4.78 is 11.6. The highest BCUT2D eigenvalue weighted by Gasteiger charge is 2.24. The number of carbonyl (C=O) groups excluding carboxylic acids is 2. The number of benzene rings is 2. The highest BCUT2D eigenvalue weighted by Crippen LogP contribution is 2.32. The Bertz CT molecular complexity index is 1510. The van der Waals surface area contributed by atoms with Crippen molar-refractivity contribution in [1.82, 2.24) is 9.78 Å². The number of esters is 1.